The molecule has 1 heterocycles. The van der Waals surface area contributed by atoms with Crippen LogP contribution in [0.2, 0.25) is 0 Å². The summed E-state index contributed by atoms with van der Waals surface area (Å²) >= 11 is 0. The number of rotatable bonds is 6. The van der Waals surface area contributed by atoms with Crippen molar-refractivity contribution in [2.75, 3.05) is 14.1 Å². The summed E-state index contributed by atoms with van der Waals surface area (Å²) in [6, 6.07) is 0. The molecule has 21 heavy (non-hydrogen) atoms. The second-order valence-corrected chi connectivity index (χ2v) is 4.92. The van der Waals surface area contributed by atoms with E-state index < -0.39 is 21.9 Å². The molecule has 0 N–H and O–H groups in total. The Kier molecular flexibility index (Phi) is 5.45. The van der Waals surface area contributed by atoms with E-state index in [0.717, 1.165) is 15.6 Å². The lowest BCUT2D eigenvalue weighted by Gasteiger charge is -2.11. The summed E-state index contributed by atoms with van der Waals surface area (Å²) in [6.07, 6.45) is 4.34. The third kappa shape index (κ3) is 3.59. The Bertz CT molecular complexity index is 670. The molecule has 1 aromatic rings. The minimum Gasteiger partial charge on any atom is -0.383 e. The zero-order valence-corrected chi connectivity index (χ0v) is 12.7. The molecule has 0 fully saturated rings. The number of nitrogens with zero attached hydrogens (tertiary/aromatic N) is 4. The number of aromatic nitrogens is 2. The van der Waals surface area contributed by atoms with E-state index in [1.165, 1.54) is 13.1 Å². The summed E-state index contributed by atoms with van der Waals surface area (Å²) in [5.74, 6) is 0. The van der Waals surface area contributed by atoms with Gasteiger partial charge in [0.05, 0.1) is 4.92 Å². The van der Waals surface area contributed by atoms with Gasteiger partial charge in [0.25, 0.3) is 0 Å². The second-order valence-electron chi connectivity index (χ2n) is 4.92. The minimum atomic E-state index is -0.852. The molecule has 116 valence electrons. The molecule has 0 aliphatic carbocycles. The molecule has 0 spiro atoms. The molecule has 0 radical (unpaired) electrons. The SMILES string of the molecule is CCCCn1c(=O)c([N+](=O)[O-])c(/C=C/N(C)C)n(C)c1=O. The first-order valence-electron chi connectivity index (χ1n) is 6.64. The third-order valence-corrected chi connectivity index (χ3v) is 3.02. The van der Waals surface area contributed by atoms with Crippen molar-refractivity contribution in [1.82, 2.24) is 14.0 Å². The molecule has 0 saturated heterocycles. The highest BCUT2D eigenvalue weighted by atomic mass is 16.6. The molecule has 8 nitrogen and oxygen atoms in total. The maximum Gasteiger partial charge on any atom is 0.357 e. The van der Waals surface area contributed by atoms with Crippen LogP contribution in [0.5, 0.6) is 0 Å². The van der Waals surface area contributed by atoms with Crippen LogP contribution in [0.4, 0.5) is 5.69 Å². The van der Waals surface area contributed by atoms with Crippen molar-refractivity contribution in [3.63, 3.8) is 0 Å². The second kappa shape index (κ2) is 6.87. The Morgan fingerprint density at radius 2 is 1.95 bits per heavy atom. The van der Waals surface area contributed by atoms with E-state index in [9.17, 15) is 19.7 Å². The van der Waals surface area contributed by atoms with Crippen LogP contribution >= 0.6 is 0 Å². The topological polar surface area (TPSA) is 90.4 Å². The van der Waals surface area contributed by atoms with Gasteiger partial charge in [-0.3, -0.25) is 24.0 Å². The van der Waals surface area contributed by atoms with Gasteiger partial charge in [-0.25, -0.2) is 4.79 Å². The van der Waals surface area contributed by atoms with E-state index in [0.29, 0.717) is 6.42 Å². The Labute approximate surface area is 122 Å². The van der Waals surface area contributed by atoms with E-state index in [2.05, 4.69) is 0 Å². The van der Waals surface area contributed by atoms with Crippen LogP contribution in [0.3, 0.4) is 0 Å². The number of hydrogen-bond acceptors (Lipinski definition) is 5. The maximum absolute atomic E-state index is 12.2. The molecule has 0 saturated carbocycles. The van der Waals surface area contributed by atoms with Gasteiger partial charge in [0.1, 0.15) is 5.69 Å². The Balaban J connectivity index is 3.63. The van der Waals surface area contributed by atoms with Crippen molar-refractivity contribution >= 4 is 11.8 Å². The van der Waals surface area contributed by atoms with Gasteiger partial charge in [0.2, 0.25) is 0 Å². The standard InChI is InChI=1S/C13H20N4O4/c1-5-6-8-16-12(18)11(17(20)21)10(7-9-14(2)3)15(4)13(16)19/h7,9H,5-6,8H2,1-4H3/b9-7+. The zero-order chi connectivity index (χ0) is 16.2. The minimum absolute atomic E-state index is 0.00329. The van der Waals surface area contributed by atoms with Crippen LogP contribution in [0, 0.1) is 10.1 Å². The molecular weight excluding hydrogens is 276 g/mol. The van der Waals surface area contributed by atoms with Crippen molar-refractivity contribution in [1.29, 1.82) is 0 Å². The fourth-order valence-corrected chi connectivity index (χ4v) is 1.86. The zero-order valence-electron chi connectivity index (χ0n) is 12.7. The lowest BCUT2D eigenvalue weighted by molar-refractivity contribution is -0.387. The fourth-order valence-electron chi connectivity index (χ4n) is 1.86. The van der Waals surface area contributed by atoms with Crippen LogP contribution in [-0.4, -0.2) is 33.1 Å². The first-order valence-corrected chi connectivity index (χ1v) is 6.64. The number of hydrogen-bond donors (Lipinski definition) is 0. The fraction of sp³-hybridized carbons (Fsp3) is 0.538. The molecule has 0 bridgehead atoms. The van der Waals surface area contributed by atoms with Crippen LogP contribution in [-0.2, 0) is 13.6 Å². The van der Waals surface area contributed by atoms with E-state index in [4.69, 9.17) is 0 Å². The van der Waals surface area contributed by atoms with Gasteiger partial charge in [-0.15, -0.1) is 0 Å². The highest BCUT2D eigenvalue weighted by Crippen LogP contribution is 2.13. The van der Waals surface area contributed by atoms with E-state index in [1.54, 1.807) is 25.2 Å². The predicted octanol–water partition coefficient (Wildman–Crippen LogP) is 0.788. The lowest BCUT2D eigenvalue weighted by Crippen LogP contribution is -2.41. The molecule has 8 heteroatoms. The third-order valence-electron chi connectivity index (χ3n) is 3.02. The quantitative estimate of drug-likeness (QED) is 0.571. The van der Waals surface area contributed by atoms with Crippen LogP contribution in [0.15, 0.2) is 15.8 Å². The summed E-state index contributed by atoms with van der Waals surface area (Å²) in [5.41, 5.74) is -1.98. The largest absolute Gasteiger partial charge is 0.383 e. The summed E-state index contributed by atoms with van der Waals surface area (Å²) in [5, 5.41) is 11.2. The summed E-state index contributed by atoms with van der Waals surface area (Å²) in [4.78, 5) is 36.5. The average molecular weight is 296 g/mol. The van der Waals surface area contributed by atoms with Crippen molar-refractivity contribution in [3.05, 3.63) is 42.8 Å². The van der Waals surface area contributed by atoms with E-state index in [-0.39, 0.29) is 12.2 Å². The average Bonchev–Trinajstić information content (AvgIpc) is 2.40. The molecule has 1 aromatic heterocycles. The Morgan fingerprint density at radius 3 is 2.43 bits per heavy atom. The molecule has 0 atom stereocenters. The molecule has 0 amide bonds. The highest BCUT2D eigenvalue weighted by molar-refractivity contribution is 5.56. The van der Waals surface area contributed by atoms with Gasteiger partial charge in [-0.1, -0.05) is 13.3 Å². The smallest absolute Gasteiger partial charge is 0.357 e. The molecule has 0 unspecified atom stereocenters. The summed E-state index contributed by atoms with van der Waals surface area (Å²) in [6.45, 7) is 2.10. The normalized spacial score (nSPS) is 11.0. The van der Waals surface area contributed by atoms with Crippen LogP contribution < -0.4 is 11.2 Å². The van der Waals surface area contributed by atoms with Crippen LogP contribution in [0.25, 0.3) is 6.08 Å². The van der Waals surface area contributed by atoms with Gasteiger partial charge in [-0.2, -0.15) is 0 Å². The van der Waals surface area contributed by atoms with Crippen molar-refractivity contribution in [3.8, 4) is 0 Å². The van der Waals surface area contributed by atoms with Gasteiger partial charge in [0, 0.05) is 33.9 Å². The van der Waals surface area contributed by atoms with Crippen LogP contribution in [0.1, 0.15) is 25.5 Å². The van der Waals surface area contributed by atoms with Crippen molar-refractivity contribution in [2.45, 2.75) is 26.3 Å². The number of nitro groups is 1. The summed E-state index contributed by atoms with van der Waals surface area (Å²) < 4.78 is 2.06. The highest BCUT2D eigenvalue weighted by Gasteiger charge is 2.24. The molecule has 0 aliphatic rings. The monoisotopic (exact) mass is 296 g/mol. The lowest BCUT2D eigenvalue weighted by atomic mass is 10.3. The first kappa shape index (κ1) is 16.7. The van der Waals surface area contributed by atoms with Crippen molar-refractivity contribution < 1.29 is 4.92 Å². The van der Waals surface area contributed by atoms with E-state index in [1.807, 2.05) is 6.92 Å². The Morgan fingerprint density at radius 1 is 1.33 bits per heavy atom. The molecule has 0 aromatic carbocycles. The first-order chi connectivity index (χ1) is 9.81. The molecular formula is C13H20N4O4. The summed E-state index contributed by atoms with van der Waals surface area (Å²) in [7, 11) is 4.90. The molecule has 0 aliphatic heterocycles. The molecule has 1 rings (SSSR count). The maximum atomic E-state index is 12.2. The van der Waals surface area contributed by atoms with Gasteiger partial charge in [0.15, 0.2) is 0 Å². The van der Waals surface area contributed by atoms with Gasteiger partial charge in [-0.05, 0) is 12.5 Å². The number of unbranched alkanes of at least 4 members (excludes halogenated alkanes) is 1. The van der Waals surface area contributed by atoms with Gasteiger partial charge < -0.3 is 4.90 Å². The predicted molar refractivity (Wildman–Crippen MR) is 80.2 cm³/mol. The Hall–Kier alpha value is -2.38. The van der Waals surface area contributed by atoms with E-state index >= 15 is 0 Å². The van der Waals surface area contributed by atoms with Crippen molar-refractivity contribution in [2.24, 2.45) is 7.05 Å². The van der Waals surface area contributed by atoms with Gasteiger partial charge >= 0.3 is 16.9 Å².